The second kappa shape index (κ2) is 6.66. The maximum absolute atomic E-state index is 13.8. The number of hydrogen-bond donors (Lipinski definition) is 1. The number of halogens is 1. The van der Waals surface area contributed by atoms with Crippen LogP contribution in [-0.4, -0.2) is 36.7 Å². The van der Waals surface area contributed by atoms with Crippen molar-refractivity contribution in [3.63, 3.8) is 0 Å². The largest absolute Gasteiger partial charge is 0.376 e. The number of benzene rings is 1. The maximum atomic E-state index is 13.8. The third-order valence-corrected chi connectivity index (χ3v) is 4.14. The van der Waals surface area contributed by atoms with Gasteiger partial charge in [0.15, 0.2) is 0 Å². The predicted molar refractivity (Wildman–Crippen MR) is 78.9 cm³/mol. The lowest BCUT2D eigenvalue weighted by molar-refractivity contribution is -0.0545. The molecule has 4 unspecified atom stereocenters. The summed E-state index contributed by atoms with van der Waals surface area (Å²) in [6.07, 6.45) is 0.253. The molecule has 1 fully saturated rings. The van der Waals surface area contributed by atoms with Crippen LogP contribution in [-0.2, 0) is 4.74 Å². The molecule has 20 heavy (non-hydrogen) atoms. The van der Waals surface area contributed by atoms with Crippen molar-refractivity contribution < 1.29 is 9.13 Å². The fraction of sp³-hybridized carbons (Fsp3) is 0.625. The summed E-state index contributed by atoms with van der Waals surface area (Å²) >= 11 is 0. The van der Waals surface area contributed by atoms with Gasteiger partial charge >= 0.3 is 0 Å². The molecule has 0 radical (unpaired) electrons. The third-order valence-electron chi connectivity index (χ3n) is 4.14. The number of hydrogen-bond acceptors (Lipinski definition) is 3. The summed E-state index contributed by atoms with van der Waals surface area (Å²) in [6, 6.07) is 6.90. The van der Waals surface area contributed by atoms with Crippen LogP contribution < -0.4 is 5.73 Å². The summed E-state index contributed by atoms with van der Waals surface area (Å²) in [5, 5.41) is 0. The number of ether oxygens (including phenoxy) is 1. The zero-order chi connectivity index (χ0) is 14.7. The van der Waals surface area contributed by atoms with Crippen molar-refractivity contribution in [3.8, 4) is 0 Å². The van der Waals surface area contributed by atoms with Crippen LogP contribution in [0.15, 0.2) is 24.3 Å². The number of nitrogens with zero attached hydrogens (tertiary/aromatic N) is 1. The molecule has 0 aliphatic carbocycles. The molecule has 112 valence electrons. The lowest BCUT2D eigenvalue weighted by Crippen LogP contribution is -2.49. The molecule has 1 saturated heterocycles. The lowest BCUT2D eigenvalue weighted by Gasteiger charge is -2.39. The quantitative estimate of drug-likeness (QED) is 0.921. The maximum Gasteiger partial charge on any atom is 0.127 e. The Morgan fingerprint density at radius 1 is 1.40 bits per heavy atom. The highest BCUT2D eigenvalue weighted by atomic mass is 19.1. The van der Waals surface area contributed by atoms with Crippen molar-refractivity contribution in [2.45, 2.75) is 39.0 Å². The first kappa shape index (κ1) is 15.4. The molecule has 0 spiro atoms. The van der Waals surface area contributed by atoms with Gasteiger partial charge in [-0.25, -0.2) is 4.39 Å². The van der Waals surface area contributed by atoms with Crippen LogP contribution in [0.4, 0.5) is 4.39 Å². The van der Waals surface area contributed by atoms with Gasteiger partial charge in [0.25, 0.3) is 0 Å². The Labute approximate surface area is 120 Å². The van der Waals surface area contributed by atoms with Gasteiger partial charge in [-0.05, 0) is 25.8 Å². The van der Waals surface area contributed by atoms with Gasteiger partial charge < -0.3 is 10.5 Å². The Hall–Kier alpha value is -0.970. The zero-order valence-electron chi connectivity index (χ0n) is 12.6. The average molecular weight is 280 g/mol. The van der Waals surface area contributed by atoms with E-state index in [1.807, 2.05) is 6.07 Å². The van der Waals surface area contributed by atoms with Gasteiger partial charge in [-0.2, -0.15) is 0 Å². The van der Waals surface area contributed by atoms with E-state index in [4.69, 9.17) is 10.5 Å². The van der Waals surface area contributed by atoms with Gasteiger partial charge in [0.2, 0.25) is 0 Å². The van der Waals surface area contributed by atoms with E-state index in [2.05, 4.69) is 25.7 Å². The molecule has 1 aliphatic heterocycles. The standard InChI is InChI=1S/C16H25FN2O/c1-11(8-19-9-13(3)20-10-12(19)2)16(18)14-6-4-5-7-15(14)17/h4-7,11-13,16H,8-10,18H2,1-3H3. The highest BCUT2D eigenvalue weighted by molar-refractivity contribution is 5.21. The Kier molecular flexibility index (Phi) is 5.13. The fourth-order valence-corrected chi connectivity index (χ4v) is 2.76. The van der Waals surface area contributed by atoms with Gasteiger partial charge in [0.05, 0.1) is 12.7 Å². The molecule has 3 nitrogen and oxygen atoms in total. The average Bonchev–Trinajstić information content (AvgIpc) is 2.42. The summed E-state index contributed by atoms with van der Waals surface area (Å²) in [4.78, 5) is 2.39. The summed E-state index contributed by atoms with van der Waals surface area (Å²) in [5.74, 6) is -0.0186. The molecular formula is C16H25FN2O. The molecule has 0 aromatic heterocycles. The minimum atomic E-state index is -0.276. The Bertz CT molecular complexity index is 440. The van der Waals surface area contributed by atoms with Gasteiger partial charge in [0, 0.05) is 30.7 Å². The Morgan fingerprint density at radius 2 is 2.10 bits per heavy atom. The van der Waals surface area contributed by atoms with Gasteiger partial charge in [-0.1, -0.05) is 25.1 Å². The monoisotopic (exact) mass is 280 g/mol. The van der Waals surface area contributed by atoms with Gasteiger partial charge in [-0.3, -0.25) is 4.90 Å². The number of nitrogens with two attached hydrogens (primary N) is 1. The first-order chi connectivity index (χ1) is 9.49. The van der Waals surface area contributed by atoms with Crippen LogP contribution in [0.2, 0.25) is 0 Å². The lowest BCUT2D eigenvalue weighted by atomic mass is 9.94. The first-order valence-corrected chi connectivity index (χ1v) is 7.34. The second-order valence-electron chi connectivity index (χ2n) is 5.97. The summed E-state index contributed by atoms with van der Waals surface area (Å²) in [6.45, 7) is 8.86. The molecule has 1 aliphatic rings. The van der Waals surface area contributed by atoms with E-state index in [1.165, 1.54) is 6.07 Å². The van der Waals surface area contributed by atoms with E-state index in [0.29, 0.717) is 11.6 Å². The molecule has 2 rings (SSSR count). The van der Waals surface area contributed by atoms with Crippen molar-refractivity contribution in [2.75, 3.05) is 19.7 Å². The predicted octanol–water partition coefficient (Wildman–Crippen LogP) is 2.57. The van der Waals surface area contributed by atoms with Crippen LogP contribution >= 0.6 is 0 Å². The highest BCUT2D eigenvalue weighted by Crippen LogP contribution is 2.24. The summed E-state index contributed by atoms with van der Waals surface area (Å²) in [5.41, 5.74) is 6.84. The topological polar surface area (TPSA) is 38.5 Å². The first-order valence-electron chi connectivity index (χ1n) is 7.34. The van der Waals surface area contributed by atoms with Crippen LogP contribution in [0, 0.1) is 11.7 Å². The molecule has 1 aromatic rings. The molecule has 4 atom stereocenters. The molecule has 4 heteroatoms. The van der Waals surface area contributed by atoms with Crippen molar-refractivity contribution in [3.05, 3.63) is 35.6 Å². The molecule has 1 heterocycles. The minimum Gasteiger partial charge on any atom is -0.376 e. The van der Waals surface area contributed by atoms with E-state index in [9.17, 15) is 4.39 Å². The Balaban J connectivity index is 2.00. The van der Waals surface area contributed by atoms with Crippen molar-refractivity contribution >= 4 is 0 Å². The SMILES string of the molecule is CC1CN(CC(C)C(N)c2ccccc2F)C(C)CO1. The highest BCUT2D eigenvalue weighted by Gasteiger charge is 2.27. The van der Waals surface area contributed by atoms with Crippen LogP contribution in [0.1, 0.15) is 32.4 Å². The molecular weight excluding hydrogens is 255 g/mol. The smallest absolute Gasteiger partial charge is 0.127 e. The van der Waals surface area contributed by atoms with E-state index in [-0.39, 0.29) is 23.9 Å². The number of morpholine rings is 1. The molecule has 0 amide bonds. The van der Waals surface area contributed by atoms with E-state index >= 15 is 0 Å². The van der Waals surface area contributed by atoms with Crippen LogP contribution in [0.5, 0.6) is 0 Å². The van der Waals surface area contributed by atoms with Gasteiger partial charge in [-0.15, -0.1) is 0 Å². The summed E-state index contributed by atoms with van der Waals surface area (Å²) < 4.78 is 19.4. The minimum absolute atomic E-state index is 0.194. The van der Waals surface area contributed by atoms with Crippen molar-refractivity contribution in [1.82, 2.24) is 4.90 Å². The van der Waals surface area contributed by atoms with Crippen LogP contribution in [0.25, 0.3) is 0 Å². The van der Waals surface area contributed by atoms with E-state index < -0.39 is 0 Å². The second-order valence-corrected chi connectivity index (χ2v) is 5.97. The summed E-state index contributed by atoms with van der Waals surface area (Å²) in [7, 11) is 0. The molecule has 1 aromatic carbocycles. The third kappa shape index (κ3) is 3.57. The molecule has 0 saturated carbocycles. The molecule has 2 N–H and O–H groups in total. The number of rotatable bonds is 4. The van der Waals surface area contributed by atoms with E-state index in [0.717, 1.165) is 19.7 Å². The molecule has 0 bridgehead atoms. The Morgan fingerprint density at radius 3 is 2.80 bits per heavy atom. The van der Waals surface area contributed by atoms with E-state index in [1.54, 1.807) is 12.1 Å². The van der Waals surface area contributed by atoms with Crippen molar-refractivity contribution in [2.24, 2.45) is 11.7 Å². The fourth-order valence-electron chi connectivity index (χ4n) is 2.76. The van der Waals surface area contributed by atoms with Crippen LogP contribution in [0.3, 0.4) is 0 Å². The van der Waals surface area contributed by atoms with Gasteiger partial charge in [0.1, 0.15) is 5.82 Å². The zero-order valence-corrected chi connectivity index (χ0v) is 12.6. The van der Waals surface area contributed by atoms with Crippen molar-refractivity contribution in [1.29, 1.82) is 0 Å². The normalized spacial score (nSPS) is 27.2.